The standard InChI is InChI=1S/C28H25ClF3N7O2S/c1-38(25-12-13-33-26(37-25)34-19-7-4-17(5-8-19)16-42(3,40)41)20-9-11-24-23(15-20)36-27(39(24)2)35-22-14-18(28(30,31)32)6-10-21(22)29/h4-15H,16H2,1-3H3,(H,35,36)(H,33,34,37). The van der Waals surface area contributed by atoms with Gasteiger partial charge in [0.25, 0.3) is 0 Å². The summed E-state index contributed by atoms with van der Waals surface area (Å²) in [5.41, 5.74) is 2.77. The number of imidazole rings is 1. The molecule has 2 aromatic heterocycles. The lowest BCUT2D eigenvalue weighted by atomic mass is 10.2. The summed E-state index contributed by atoms with van der Waals surface area (Å²) in [5, 5.41) is 6.17. The predicted octanol–water partition coefficient (Wildman–Crippen LogP) is 6.84. The Hall–Kier alpha value is -4.36. The fraction of sp³-hybridized carbons (Fsp3) is 0.179. The number of fused-ring (bicyclic) bond motifs is 1. The molecule has 5 aromatic rings. The van der Waals surface area contributed by atoms with Crippen molar-refractivity contribution in [1.29, 1.82) is 0 Å². The van der Waals surface area contributed by atoms with Gasteiger partial charge in [0.05, 0.1) is 33.1 Å². The van der Waals surface area contributed by atoms with Gasteiger partial charge in [-0.25, -0.2) is 18.4 Å². The second-order valence-electron chi connectivity index (χ2n) is 9.67. The summed E-state index contributed by atoms with van der Waals surface area (Å²) in [6, 6.07) is 17.4. The van der Waals surface area contributed by atoms with Gasteiger partial charge in [-0.3, -0.25) is 0 Å². The molecular weight excluding hydrogens is 591 g/mol. The molecule has 3 aromatic carbocycles. The van der Waals surface area contributed by atoms with E-state index in [0.29, 0.717) is 34.5 Å². The molecule has 0 aliphatic carbocycles. The van der Waals surface area contributed by atoms with E-state index in [2.05, 4.69) is 25.6 Å². The highest BCUT2D eigenvalue weighted by Gasteiger charge is 2.31. The number of halogens is 4. The van der Waals surface area contributed by atoms with E-state index in [4.69, 9.17) is 11.6 Å². The number of anilines is 6. The molecule has 2 N–H and O–H groups in total. The van der Waals surface area contributed by atoms with E-state index >= 15 is 0 Å². The number of aryl methyl sites for hydroxylation is 1. The zero-order valence-corrected chi connectivity index (χ0v) is 24.2. The molecule has 0 saturated carbocycles. The molecule has 0 atom stereocenters. The molecule has 218 valence electrons. The van der Waals surface area contributed by atoms with Gasteiger partial charge < -0.3 is 20.1 Å². The Kier molecular flexibility index (Phi) is 7.73. The second kappa shape index (κ2) is 11.1. The fourth-order valence-electron chi connectivity index (χ4n) is 4.27. The monoisotopic (exact) mass is 615 g/mol. The first-order valence-corrected chi connectivity index (χ1v) is 14.9. The summed E-state index contributed by atoms with van der Waals surface area (Å²) < 4.78 is 64.4. The van der Waals surface area contributed by atoms with Crippen LogP contribution in [0, 0.1) is 0 Å². The number of hydrogen-bond acceptors (Lipinski definition) is 8. The molecule has 0 bridgehead atoms. The van der Waals surface area contributed by atoms with Gasteiger partial charge in [-0.2, -0.15) is 18.2 Å². The minimum Gasteiger partial charge on any atom is -0.329 e. The molecule has 0 fully saturated rings. The summed E-state index contributed by atoms with van der Waals surface area (Å²) in [5.74, 6) is 1.22. The number of aromatic nitrogens is 4. The Morgan fingerprint density at radius 3 is 2.40 bits per heavy atom. The van der Waals surface area contributed by atoms with Crippen molar-refractivity contribution in [3.63, 3.8) is 0 Å². The molecule has 2 heterocycles. The molecule has 9 nitrogen and oxygen atoms in total. The van der Waals surface area contributed by atoms with Gasteiger partial charge in [-0.05, 0) is 60.2 Å². The Balaban J connectivity index is 1.36. The Morgan fingerprint density at radius 2 is 1.71 bits per heavy atom. The van der Waals surface area contributed by atoms with Crippen LogP contribution < -0.4 is 15.5 Å². The van der Waals surface area contributed by atoms with E-state index < -0.39 is 21.6 Å². The van der Waals surface area contributed by atoms with Crippen molar-refractivity contribution in [3.05, 3.63) is 89.1 Å². The molecular formula is C28H25ClF3N7O2S. The predicted molar refractivity (Wildman–Crippen MR) is 159 cm³/mol. The number of benzene rings is 3. The van der Waals surface area contributed by atoms with Crippen molar-refractivity contribution in [1.82, 2.24) is 19.5 Å². The van der Waals surface area contributed by atoms with E-state index in [1.165, 1.54) is 12.3 Å². The van der Waals surface area contributed by atoms with E-state index in [0.717, 1.165) is 23.3 Å². The van der Waals surface area contributed by atoms with E-state index in [1.54, 1.807) is 48.1 Å². The highest BCUT2D eigenvalue weighted by molar-refractivity contribution is 7.89. The van der Waals surface area contributed by atoms with Crippen LogP contribution in [0.2, 0.25) is 5.02 Å². The number of hydrogen-bond donors (Lipinski definition) is 2. The summed E-state index contributed by atoms with van der Waals surface area (Å²) in [4.78, 5) is 15.3. The zero-order chi connectivity index (χ0) is 30.2. The van der Waals surface area contributed by atoms with Crippen LogP contribution in [0.15, 0.2) is 72.9 Å². The van der Waals surface area contributed by atoms with Crippen LogP contribution in [0.4, 0.5) is 47.9 Å². The third-order valence-corrected chi connectivity index (χ3v) is 7.60. The van der Waals surface area contributed by atoms with Crippen molar-refractivity contribution >= 4 is 67.2 Å². The van der Waals surface area contributed by atoms with Crippen LogP contribution in [0.25, 0.3) is 11.0 Å². The minimum absolute atomic E-state index is 0.0405. The molecule has 0 spiro atoms. The normalized spacial score (nSPS) is 12.0. The van der Waals surface area contributed by atoms with Crippen LogP contribution in [0.3, 0.4) is 0 Å². The summed E-state index contributed by atoms with van der Waals surface area (Å²) >= 11 is 6.16. The Labute approximate surface area is 244 Å². The number of nitrogens with zero attached hydrogens (tertiary/aromatic N) is 5. The topological polar surface area (TPSA) is 105 Å². The molecule has 0 unspecified atom stereocenters. The van der Waals surface area contributed by atoms with Gasteiger partial charge >= 0.3 is 6.18 Å². The first-order chi connectivity index (χ1) is 19.8. The minimum atomic E-state index is -4.51. The maximum Gasteiger partial charge on any atom is 0.416 e. The fourth-order valence-corrected chi connectivity index (χ4v) is 5.23. The average molecular weight is 616 g/mol. The Morgan fingerprint density at radius 1 is 0.976 bits per heavy atom. The molecule has 42 heavy (non-hydrogen) atoms. The third-order valence-electron chi connectivity index (χ3n) is 6.42. The van der Waals surface area contributed by atoms with Gasteiger partial charge in [-0.1, -0.05) is 23.7 Å². The van der Waals surface area contributed by atoms with Crippen LogP contribution in [-0.2, 0) is 28.8 Å². The SMILES string of the molecule is CN(c1ccc2c(c1)nc(Nc1cc(C(F)(F)F)ccc1Cl)n2C)c1ccnc(Nc2ccc(CS(C)(=O)=O)cc2)n1. The van der Waals surface area contributed by atoms with Crippen LogP contribution in [0.1, 0.15) is 11.1 Å². The summed E-state index contributed by atoms with van der Waals surface area (Å²) in [6.07, 6.45) is -1.71. The van der Waals surface area contributed by atoms with E-state index in [9.17, 15) is 21.6 Å². The molecule has 14 heteroatoms. The number of nitrogens with one attached hydrogen (secondary N) is 2. The highest BCUT2D eigenvalue weighted by atomic mass is 35.5. The van der Waals surface area contributed by atoms with Crippen molar-refractivity contribution in [3.8, 4) is 0 Å². The summed E-state index contributed by atoms with van der Waals surface area (Å²) in [6.45, 7) is 0. The molecule has 0 radical (unpaired) electrons. The lowest BCUT2D eigenvalue weighted by Crippen LogP contribution is -2.12. The molecule has 0 aliphatic rings. The van der Waals surface area contributed by atoms with Crippen molar-refractivity contribution in [2.24, 2.45) is 7.05 Å². The van der Waals surface area contributed by atoms with Gasteiger partial charge in [0.2, 0.25) is 11.9 Å². The maximum absolute atomic E-state index is 13.2. The first-order valence-electron chi connectivity index (χ1n) is 12.5. The van der Waals surface area contributed by atoms with Gasteiger partial charge in [0.15, 0.2) is 9.84 Å². The molecule has 0 amide bonds. The first kappa shape index (κ1) is 29.1. The molecule has 5 rings (SSSR count). The second-order valence-corrected chi connectivity index (χ2v) is 12.2. The average Bonchev–Trinajstić information content (AvgIpc) is 3.23. The number of sulfone groups is 1. The van der Waals surface area contributed by atoms with E-state index in [-0.39, 0.29) is 16.5 Å². The highest BCUT2D eigenvalue weighted by Crippen LogP contribution is 2.35. The zero-order valence-electron chi connectivity index (χ0n) is 22.6. The maximum atomic E-state index is 13.2. The smallest absolute Gasteiger partial charge is 0.329 e. The third kappa shape index (κ3) is 6.58. The number of alkyl halides is 3. The Bertz CT molecular complexity index is 1880. The van der Waals surface area contributed by atoms with Crippen LogP contribution >= 0.6 is 11.6 Å². The van der Waals surface area contributed by atoms with Crippen LogP contribution in [-0.4, -0.2) is 41.2 Å². The van der Waals surface area contributed by atoms with Gasteiger partial charge in [-0.15, -0.1) is 0 Å². The lowest BCUT2D eigenvalue weighted by Gasteiger charge is -2.19. The van der Waals surface area contributed by atoms with Crippen LogP contribution in [0.5, 0.6) is 0 Å². The lowest BCUT2D eigenvalue weighted by molar-refractivity contribution is -0.137. The van der Waals surface area contributed by atoms with Crippen molar-refractivity contribution in [2.75, 3.05) is 28.8 Å². The van der Waals surface area contributed by atoms with Crippen molar-refractivity contribution in [2.45, 2.75) is 11.9 Å². The van der Waals surface area contributed by atoms with Gasteiger partial charge in [0, 0.05) is 37.9 Å². The largest absolute Gasteiger partial charge is 0.416 e. The molecule has 0 saturated heterocycles. The number of rotatable bonds is 8. The van der Waals surface area contributed by atoms with Crippen molar-refractivity contribution < 1.29 is 21.6 Å². The summed E-state index contributed by atoms with van der Waals surface area (Å²) in [7, 11) is 0.449. The molecule has 0 aliphatic heterocycles. The van der Waals surface area contributed by atoms with Gasteiger partial charge in [0.1, 0.15) is 5.82 Å². The quantitative estimate of drug-likeness (QED) is 0.196. The van der Waals surface area contributed by atoms with E-state index in [1.807, 2.05) is 30.1 Å².